The Morgan fingerprint density at radius 3 is 2.31 bits per heavy atom. The molecular formula is C22H26N2O2. The van der Waals surface area contributed by atoms with Crippen LogP contribution < -0.4 is 5.48 Å². The van der Waals surface area contributed by atoms with Crippen LogP contribution in [0.1, 0.15) is 53.9 Å². The van der Waals surface area contributed by atoms with Crippen molar-refractivity contribution in [1.82, 2.24) is 10.0 Å². The van der Waals surface area contributed by atoms with Crippen molar-refractivity contribution in [3.8, 4) is 0 Å². The van der Waals surface area contributed by atoms with Crippen molar-refractivity contribution in [3.05, 3.63) is 70.9 Å². The number of hydroxylamine groups is 1. The summed E-state index contributed by atoms with van der Waals surface area (Å²) >= 11 is 0. The minimum absolute atomic E-state index is 0.0238. The number of carbonyl (C=O) groups is 1. The third-order valence-electron chi connectivity index (χ3n) is 4.88. The molecule has 0 spiro atoms. The van der Waals surface area contributed by atoms with Crippen LogP contribution in [-0.2, 0) is 0 Å². The second kappa shape index (κ2) is 6.61. The molecule has 1 amide bonds. The fraction of sp³-hybridized carbons (Fsp3) is 0.318. The highest BCUT2D eigenvalue weighted by molar-refractivity contribution is 5.93. The first-order valence-corrected chi connectivity index (χ1v) is 8.84. The Kier molecular flexibility index (Phi) is 4.63. The molecule has 0 bridgehead atoms. The van der Waals surface area contributed by atoms with Crippen molar-refractivity contribution in [2.75, 3.05) is 0 Å². The first kappa shape index (κ1) is 18.2. The highest BCUT2D eigenvalue weighted by Crippen LogP contribution is 2.39. The van der Waals surface area contributed by atoms with Crippen molar-refractivity contribution in [2.45, 2.75) is 40.7 Å². The lowest BCUT2D eigenvalue weighted by atomic mass is 9.82. The highest BCUT2D eigenvalue weighted by Gasteiger charge is 2.29. The quantitative estimate of drug-likeness (QED) is 0.515. The Labute approximate surface area is 154 Å². The van der Waals surface area contributed by atoms with Crippen molar-refractivity contribution in [3.63, 3.8) is 0 Å². The number of nitrogens with zero attached hydrogens (tertiary/aromatic N) is 1. The fourth-order valence-electron chi connectivity index (χ4n) is 3.71. The second-order valence-electron chi connectivity index (χ2n) is 8.07. The van der Waals surface area contributed by atoms with E-state index in [9.17, 15) is 4.79 Å². The van der Waals surface area contributed by atoms with Gasteiger partial charge in [0, 0.05) is 22.7 Å². The van der Waals surface area contributed by atoms with Crippen LogP contribution in [0.2, 0.25) is 0 Å². The van der Waals surface area contributed by atoms with Gasteiger partial charge >= 0.3 is 0 Å². The fourth-order valence-corrected chi connectivity index (χ4v) is 3.71. The van der Waals surface area contributed by atoms with E-state index in [4.69, 9.17) is 5.21 Å². The number of benzene rings is 2. The summed E-state index contributed by atoms with van der Waals surface area (Å²) in [6, 6.07) is 14.1. The van der Waals surface area contributed by atoms with Gasteiger partial charge in [-0.15, -0.1) is 0 Å². The monoisotopic (exact) mass is 350 g/mol. The lowest BCUT2D eigenvalue weighted by Crippen LogP contribution is -2.25. The number of fused-ring (bicyclic) bond motifs is 1. The molecule has 1 heterocycles. The zero-order chi connectivity index (χ0) is 19.1. The summed E-state index contributed by atoms with van der Waals surface area (Å²) < 4.78 is 2.34. The Morgan fingerprint density at radius 1 is 1.08 bits per heavy atom. The summed E-state index contributed by atoms with van der Waals surface area (Å²) in [5, 5.41) is 10.1. The van der Waals surface area contributed by atoms with Crippen LogP contribution in [0.3, 0.4) is 0 Å². The Bertz CT molecular complexity index is 947. The molecule has 0 aliphatic carbocycles. The molecule has 2 N–H and O–H groups in total. The van der Waals surface area contributed by atoms with Crippen LogP contribution in [0.4, 0.5) is 0 Å². The number of aryl methyl sites for hydroxylation is 2. The summed E-state index contributed by atoms with van der Waals surface area (Å²) in [5.74, 6) is -0.499. The number of nitrogens with one attached hydrogen (secondary N) is 1. The molecule has 3 aromatic rings. The molecule has 1 aromatic heterocycles. The molecule has 0 saturated heterocycles. The molecule has 1 unspecified atom stereocenters. The summed E-state index contributed by atoms with van der Waals surface area (Å²) in [6.07, 6.45) is 2.22. The van der Waals surface area contributed by atoms with Crippen LogP contribution in [0.25, 0.3) is 10.9 Å². The molecular weight excluding hydrogens is 324 g/mol. The smallest absolute Gasteiger partial charge is 0.274 e. The van der Waals surface area contributed by atoms with Gasteiger partial charge in [-0.2, -0.15) is 0 Å². The number of amides is 1. The molecule has 136 valence electrons. The molecule has 0 aliphatic rings. The second-order valence-corrected chi connectivity index (χ2v) is 8.07. The lowest BCUT2D eigenvalue weighted by Gasteiger charge is -2.33. The van der Waals surface area contributed by atoms with Gasteiger partial charge in [0.15, 0.2) is 0 Å². The minimum atomic E-state index is -0.499. The number of rotatable bonds is 3. The standard InChI is InChI=1S/C22H26N2O2/c1-14-6-11-19-18(12-14)15(2)13-24(19)20(22(3,4)5)16-7-9-17(10-8-16)21(25)23-26/h6-13,20,26H,1-5H3,(H,23,25). The van der Waals surface area contributed by atoms with E-state index in [1.165, 1.54) is 22.0 Å². The van der Waals surface area contributed by atoms with E-state index < -0.39 is 5.91 Å². The Hall–Kier alpha value is -2.59. The molecule has 0 radical (unpaired) electrons. The maximum atomic E-state index is 11.6. The van der Waals surface area contributed by atoms with E-state index in [2.05, 4.69) is 63.6 Å². The predicted molar refractivity (Wildman–Crippen MR) is 105 cm³/mol. The minimum Gasteiger partial charge on any atom is -0.339 e. The normalized spacial score (nSPS) is 13.0. The largest absolute Gasteiger partial charge is 0.339 e. The van der Waals surface area contributed by atoms with Gasteiger partial charge < -0.3 is 4.57 Å². The van der Waals surface area contributed by atoms with E-state index in [0.717, 1.165) is 5.56 Å². The number of hydrogen-bond donors (Lipinski definition) is 2. The van der Waals surface area contributed by atoms with E-state index >= 15 is 0 Å². The van der Waals surface area contributed by atoms with Gasteiger partial charge in [0.2, 0.25) is 0 Å². The summed E-state index contributed by atoms with van der Waals surface area (Å²) in [7, 11) is 0. The van der Waals surface area contributed by atoms with Gasteiger partial charge in [0.05, 0.1) is 6.04 Å². The molecule has 26 heavy (non-hydrogen) atoms. The van der Waals surface area contributed by atoms with Gasteiger partial charge in [-0.3, -0.25) is 10.0 Å². The van der Waals surface area contributed by atoms with E-state index in [0.29, 0.717) is 5.56 Å². The van der Waals surface area contributed by atoms with E-state index in [1.807, 2.05) is 12.1 Å². The molecule has 0 aliphatic heterocycles. The van der Waals surface area contributed by atoms with Gasteiger partial charge in [-0.25, -0.2) is 5.48 Å². The van der Waals surface area contributed by atoms with E-state index in [-0.39, 0.29) is 11.5 Å². The molecule has 4 heteroatoms. The third-order valence-corrected chi connectivity index (χ3v) is 4.88. The number of hydrogen-bond acceptors (Lipinski definition) is 2. The average Bonchev–Trinajstić information content (AvgIpc) is 2.89. The Balaban J connectivity index is 2.15. The zero-order valence-corrected chi connectivity index (χ0v) is 16.0. The van der Waals surface area contributed by atoms with Crippen LogP contribution >= 0.6 is 0 Å². The van der Waals surface area contributed by atoms with Crippen LogP contribution in [0, 0.1) is 19.3 Å². The molecule has 0 saturated carbocycles. The molecule has 0 fully saturated rings. The predicted octanol–water partition coefficient (Wildman–Crippen LogP) is 5.01. The van der Waals surface area contributed by atoms with Crippen molar-refractivity contribution >= 4 is 16.8 Å². The highest BCUT2D eigenvalue weighted by atomic mass is 16.5. The zero-order valence-electron chi connectivity index (χ0n) is 16.0. The first-order valence-electron chi connectivity index (χ1n) is 8.84. The van der Waals surface area contributed by atoms with Gasteiger partial charge in [0.1, 0.15) is 0 Å². The first-order chi connectivity index (χ1) is 12.2. The maximum Gasteiger partial charge on any atom is 0.274 e. The average molecular weight is 350 g/mol. The third kappa shape index (κ3) is 3.25. The van der Waals surface area contributed by atoms with Crippen molar-refractivity contribution in [2.24, 2.45) is 5.41 Å². The van der Waals surface area contributed by atoms with Gasteiger partial charge in [0.25, 0.3) is 5.91 Å². The van der Waals surface area contributed by atoms with Crippen molar-refractivity contribution in [1.29, 1.82) is 0 Å². The topological polar surface area (TPSA) is 54.3 Å². The van der Waals surface area contributed by atoms with Crippen LogP contribution in [0.15, 0.2) is 48.7 Å². The van der Waals surface area contributed by atoms with Crippen LogP contribution in [-0.4, -0.2) is 15.7 Å². The molecule has 3 rings (SSSR count). The van der Waals surface area contributed by atoms with Crippen LogP contribution in [0.5, 0.6) is 0 Å². The number of carbonyl (C=O) groups excluding carboxylic acids is 1. The molecule has 1 atom stereocenters. The van der Waals surface area contributed by atoms with Crippen molar-refractivity contribution < 1.29 is 10.0 Å². The lowest BCUT2D eigenvalue weighted by molar-refractivity contribution is 0.0706. The van der Waals surface area contributed by atoms with Gasteiger partial charge in [-0.05, 0) is 54.7 Å². The Morgan fingerprint density at radius 2 is 1.73 bits per heavy atom. The summed E-state index contributed by atoms with van der Waals surface area (Å²) in [5.41, 5.74) is 6.95. The number of aromatic nitrogens is 1. The SMILES string of the molecule is Cc1ccc2c(c1)c(C)cn2C(c1ccc(C(=O)NO)cc1)C(C)(C)C. The van der Waals surface area contributed by atoms with Gasteiger partial charge in [-0.1, -0.05) is 44.5 Å². The maximum absolute atomic E-state index is 11.6. The van der Waals surface area contributed by atoms with E-state index in [1.54, 1.807) is 17.6 Å². The molecule has 2 aromatic carbocycles. The molecule has 4 nitrogen and oxygen atoms in total. The summed E-state index contributed by atoms with van der Waals surface area (Å²) in [6.45, 7) is 10.9. The summed E-state index contributed by atoms with van der Waals surface area (Å²) in [4.78, 5) is 11.6.